The monoisotopic (exact) mass is 383 g/mol. The summed E-state index contributed by atoms with van der Waals surface area (Å²) in [5.41, 5.74) is 2.00. The van der Waals surface area contributed by atoms with Gasteiger partial charge in [0.1, 0.15) is 11.6 Å². The highest BCUT2D eigenvalue weighted by Crippen LogP contribution is 2.38. The van der Waals surface area contributed by atoms with Crippen LogP contribution in [0.1, 0.15) is 23.3 Å². The topological polar surface area (TPSA) is 29.1 Å². The smallest absolute Gasteiger partial charge is 0.237 e. The molecule has 0 saturated carbocycles. The van der Waals surface area contributed by atoms with E-state index in [0.717, 1.165) is 29.3 Å². The number of carbonyl (C=O) groups is 1. The normalized spacial score (nSPS) is 12.0. The number of amides is 1. The highest BCUT2D eigenvalue weighted by Gasteiger charge is 2.23. The molecule has 0 saturated heterocycles. The van der Waals surface area contributed by atoms with Gasteiger partial charge in [0, 0.05) is 6.07 Å². The van der Waals surface area contributed by atoms with Crippen LogP contribution in [0, 0.1) is 11.6 Å². The summed E-state index contributed by atoms with van der Waals surface area (Å²) in [5, 5.41) is 1.96. The zero-order valence-electron chi connectivity index (χ0n) is 14.7. The van der Waals surface area contributed by atoms with Crippen molar-refractivity contribution in [3.8, 4) is 0 Å². The van der Waals surface area contributed by atoms with E-state index in [0.29, 0.717) is 0 Å². The van der Waals surface area contributed by atoms with Gasteiger partial charge in [-0.25, -0.2) is 8.78 Å². The number of rotatable bonds is 6. The molecule has 1 amide bonds. The first-order valence-electron chi connectivity index (χ1n) is 8.56. The molecule has 3 aromatic carbocycles. The van der Waals surface area contributed by atoms with Crippen LogP contribution < -0.4 is 5.32 Å². The average Bonchev–Trinajstić information content (AvgIpc) is 2.70. The van der Waals surface area contributed by atoms with E-state index >= 15 is 0 Å². The van der Waals surface area contributed by atoms with E-state index in [1.807, 2.05) is 60.7 Å². The number of nitrogens with one attached hydrogen (secondary N) is 1. The lowest BCUT2D eigenvalue weighted by Crippen LogP contribution is -2.24. The zero-order valence-corrected chi connectivity index (χ0v) is 15.5. The zero-order chi connectivity index (χ0) is 19.2. The van der Waals surface area contributed by atoms with Crippen LogP contribution in [0.2, 0.25) is 0 Å². The van der Waals surface area contributed by atoms with E-state index < -0.39 is 16.9 Å². The second kappa shape index (κ2) is 8.82. The largest absolute Gasteiger partial charge is 0.323 e. The van der Waals surface area contributed by atoms with E-state index in [4.69, 9.17) is 0 Å². The van der Waals surface area contributed by atoms with Crippen molar-refractivity contribution in [1.29, 1.82) is 0 Å². The fourth-order valence-electron chi connectivity index (χ4n) is 2.70. The highest BCUT2D eigenvalue weighted by atomic mass is 32.2. The van der Waals surface area contributed by atoms with E-state index in [2.05, 4.69) is 5.32 Å². The Morgan fingerprint density at radius 3 is 2.00 bits per heavy atom. The second-order valence-corrected chi connectivity index (χ2v) is 7.54. The van der Waals surface area contributed by atoms with Gasteiger partial charge in [0.05, 0.1) is 16.2 Å². The van der Waals surface area contributed by atoms with Gasteiger partial charge in [-0.1, -0.05) is 60.7 Å². The van der Waals surface area contributed by atoms with Crippen LogP contribution in [0.15, 0.2) is 78.9 Å². The van der Waals surface area contributed by atoms with Crippen molar-refractivity contribution in [2.45, 2.75) is 17.4 Å². The fourth-order valence-corrected chi connectivity index (χ4v) is 3.92. The molecule has 0 heterocycles. The molecule has 2 nitrogen and oxygen atoms in total. The molecule has 0 bridgehead atoms. The molecular weight excluding hydrogens is 364 g/mol. The summed E-state index contributed by atoms with van der Waals surface area (Å²) >= 11 is 1.46. The molecule has 5 heteroatoms. The Morgan fingerprint density at radius 1 is 0.889 bits per heavy atom. The number of thioether (sulfide) groups is 1. The molecule has 3 rings (SSSR count). The van der Waals surface area contributed by atoms with Gasteiger partial charge in [0.25, 0.3) is 0 Å². The van der Waals surface area contributed by atoms with E-state index in [1.54, 1.807) is 6.92 Å². The molecule has 0 spiro atoms. The molecule has 138 valence electrons. The first-order valence-corrected chi connectivity index (χ1v) is 9.50. The van der Waals surface area contributed by atoms with Gasteiger partial charge in [-0.05, 0) is 30.2 Å². The fraction of sp³-hybridized carbons (Fsp3) is 0.136. The van der Waals surface area contributed by atoms with Crippen molar-refractivity contribution in [1.82, 2.24) is 0 Å². The standard InChI is InChI=1S/C22H19F2NOS/c1-15(22(26)25-20-14-18(23)12-13-19(20)24)27-21(16-8-4-2-5-9-16)17-10-6-3-7-11-17/h2-15,21H,1H3,(H,25,26)/t15-/m0/s1. The van der Waals surface area contributed by atoms with Gasteiger partial charge in [-0.2, -0.15) is 0 Å². The van der Waals surface area contributed by atoms with E-state index in [1.165, 1.54) is 11.8 Å². The van der Waals surface area contributed by atoms with Gasteiger partial charge < -0.3 is 5.32 Å². The third-order valence-electron chi connectivity index (χ3n) is 4.10. The van der Waals surface area contributed by atoms with Crippen molar-refractivity contribution >= 4 is 23.4 Å². The van der Waals surface area contributed by atoms with Crippen molar-refractivity contribution < 1.29 is 13.6 Å². The predicted molar refractivity (Wildman–Crippen MR) is 107 cm³/mol. The lowest BCUT2D eigenvalue weighted by Gasteiger charge is -2.21. The Morgan fingerprint density at radius 2 is 1.44 bits per heavy atom. The SMILES string of the molecule is C[C@H](SC(c1ccccc1)c1ccccc1)C(=O)Nc1cc(F)ccc1F. The van der Waals surface area contributed by atoms with Crippen LogP contribution in [0.4, 0.5) is 14.5 Å². The average molecular weight is 383 g/mol. The number of hydrogen-bond acceptors (Lipinski definition) is 2. The molecule has 0 aliphatic heterocycles. The Hall–Kier alpha value is -2.66. The Balaban J connectivity index is 1.79. The number of carbonyl (C=O) groups excluding carboxylic acids is 1. The number of anilines is 1. The van der Waals surface area contributed by atoms with Crippen LogP contribution in [0.25, 0.3) is 0 Å². The van der Waals surface area contributed by atoms with E-state index in [-0.39, 0.29) is 16.8 Å². The second-order valence-electron chi connectivity index (χ2n) is 6.09. The summed E-state index contributed by atoms with van der Waals surface area (Å²) < 4.78 is 27.1. The number of benzene rings is 3. The molecule has 1 N–H and O–H groups in total. The van der Waals surface area contributed by atoms with Gasteiger partial charge in [-0.15, -0.1) is 11.8 Å². The van der Waals surface area contributed by atoms with E-state index in [9.17, 15) is 13.6 Å². The van der Waals surface area contributed by atoms with Crippen LogP contribution in [0.5, 0.6) is 0 Å². The maximum absolute atomic E-state index is 13.8. The first kappa shape index (κ1) is 19.1. The molecular formula is C22H19F2NOS. The highest BCUT2D eigenvalue weighted by molar-refractivity contribution is 8.01. The lowest BCUT2D eigenvalue weighted by atomic mass is 10.0. The van der Waals surface area contributed by atoms with Crippen LogP contribution in [-0.2, 0) is 4.79 Å². The summed E-state index contributed by atoms with van der Waals surface area (Å²) in [6, 6.07) is 22.8. The van der Waals surface area contributed by atoms with Gasteiger partial charge in [0.2, 0.25) is 5.91 Å². The predicted octanol–water partition coefficient (Wildman–Crippen LogP) is 5.81. The Labute approximate surface area is 161 Å². The minimum atomic E-state index is -0.662. The molecule has 0 fully saturated rings. The quantitative estimate of drug-likeness (QED) is 0.582. The van der Waals surface area contributed by atoms with Crippen molar-refractivity contribution in [2.75, 3.05) is 5.32 Å². The summed E-state index contributed by atoms with van der Waals surface area (Å²) in [4.78, 5) is 12.6. The number of halogens is 2. The van der Waals surface area contributed by atoms with Gasteiger partial charge in [0.15, 0.2) is 0 Å². The minimum Gasteiger partial charge on any atom is -0.323 e. The van der Waals surface area contributed by atoms with Crippen LogP contribution in [0.3, 0.4) is 0 Å². The van der Waals surface area contributed by atoms with Crippen LogP contribution >= 0.6 is 11.8 Å². The minimum absolute atomic E-state index is 0.0505. The van der Waals surface area contributed by atoms with Crippen molar-refractivity contribution in [2.24, 2.45) is 0 Å². The van der Waals surface area contributed by atoms with Crippen molar-refractivity contribution in [3.63, 3.8) is 0 Å². The summed E-state index contributed by atoms with van der Waals surface area (Å²) in [5.74, 6) is -1.63. The van der Waals surface area contributed by atoms with Crippen LogP contribution in [-0.4, -0.2) is 11.2 Å². The molecule has 0 aromatic heterocycles. The van der Waals surface area contributed by atoms with Gasteiger partial charge in [-0.3, -0.25) is 4.79 Å². The molecule has 0 aliphatic rings. The third kappa shape index (κ3) is 4.95. The Bertz CT molecular complexity index is 863. The summed E-state index contributed by atoms with van der Waals surface area (Å²) in [6.07, 6.45) is 0. The lowest BCUT2D eigenvalue weighted by molar-refractivity contribution is -0.115. The third-order valence-corrected chi connectivity index (χ3v) is 5.54. The maximum Gasteiger partial charge on any atom is 0.237 e. The van der Waals surface area contributed by atoms with Gasteiger partial charge >= 0.3 is 0 Å². The number of hydrogen-bond donors (Lipinski definition) is 1. The molecule has 1 atom stereocenters. The Kier molecular flexibility index (Phi) is 6.24. The molecule has 0 radical (unpaired) electrons. The maximum atomic E-state index is 13.8. The van der Waals surface area contributed by atoms with Crippen molar-refractivity contribution in [3.05, 3.63) is 102 Å². The summed E-state index contributed by atoms with van der Waals surface area (Å²) in [6.45, 7) is 1.76. The summed E-state index contributed by atoms with van der Waals surface area (Å²) in [7, 11) is 0. The first-order chi connectivity index (χ1) is 13.0. The molecule has 0 aliphatic carbocycles. The molecule has 27 heavy (non-hydrogen) atoms. The molecule has 3 aromatic rings. The molecule has 0 unspecified atom stereocenters.